The van der Waals surface area contributed by atoms with Crippen molar-refractivity contribution in [2.75, 3.05) is 38.0 Å². The molecule has 0 atom stereocenters. The molecule has 158 valence electrons. The minimum atomic E-state index is -4.39. The molecule has 0 unspecified atom stereocenters. The lowest BCUT2D eigenvalue weighted by molar-refractivity contribution is -0.141. The Labute approximate surface area is 174 Å². The summed E-state index contributed by atoms with van der Waals surface area (Å²) < 4.78 is 56.8. The Bertz CT molecular complexity index is 874. The molecule has 3 heterocycles. The van der Waals surface area contributed by atoms with Gasteiger partial charge in [0.1, 0.15) is 12.3 Å². The van der Waals surface area contributed by atoms with Gasteiger partial charge in [-0.3, -0.25) is 4.57 Å². The van der Waals surface area contributed by atoms with Crippen molar-refractivity contribution in [3.63, 3.8) is 0 Å². The lowest BCUT2D eigenvalue weighted by atomic mass is 10.1. The van der Waals surface area contributed by atoms with E-state index in [9.17, 15) is 13.2 Å². The van der Waals surface area contributed by atoms with Crippen LogP contribution in [0.15, 0.2) is 17.3 Å². The van der Waals surface area contributed by atoms with E-state index in [1.165, 1.54) is 0 Å². The zero-order valence-corrected chi connectivity index (χ0v) is 16.8. The third-order valence-electron chi connectivity index (χ3n) is 4.44. The number of fused-ring (bicyclic) bond motifs is 1. The summed E-state index contributed by atoms with van der Waals surface area (Å²) in [7, 11) is 0. The number of anilines is 1. The number of rotatable bonds is 5. The van der Waals surface area contributed by atoms with Gasteiger partial charge in [-0.05, 0) is 12.1 Å². The normalized spacial score (nSPS) is 17.2. The van der Waals surface area contributed by atoms with Gasteiger partial charge in [-0.1, -0.05) is 23.4 Å². The first-order chi connectivity index (χ1) is 13.9. The van der Waals surface area contributed by atoms with Crippen molar-refractivity contribution in [1.82, 2.24) is 14.8 Å². The summed E-state index contributed by atoms with van der Waals surface area (Å²) in [6, 6.07) is 3.50. The Balaban J connectivity index is 1.59. The first-order valence-electron chi connectivity index (χ1n) is 8.88. The van der Waals surface area contributed by atoms with E-state index in [1.54, 1.807) is 17.0 Å². The molecule has 7 nitrogen and oxygen atoms in total. The smallest absolute Gasteiger partial charge is 0.406 e. The lowest BCUT2D eigenvalue weighted by Gasteiger charge is -2.28. The summed E-state index contributed by atoms with van der Waals surface area (Å²) in [4.78, 5) is 1.76. The largest absolute Gasteiger partial charge is 0.467 e. The standard InChI is InChI=1S/C17H18ClF3N4O3S/c18-13-5-11-7-27-10-28-14(11)12(6-13)8-29-16-23-22-15(24-1-3-26-4-2-24)25(16)9-17(19,20)21/h5-6H,1-4,7-10H2. The topological polar surface area (TPSA) is 61.6 Å². The third-order valence-corrected chi connectivity index (χ3v) is 5.67. The van der Waals surface area contributed by atoms with E-state index in [2.05, 4.69) is 10.2 Å². The summed E-state index contributed by atoms with van der Waals surface area (Å²) >= 11 is 7.33. The number of aromatic nitrogens is 3. The monoisotopic (exact) mass is 450 g/mol. The quantitative estimate of drug-likeness (QED) is 0.646. The molecule has 2 aliphatic heterocycles. The number of thioether (sulfide) groups is 1. The van der Waals surface area contributed by atoms with Crippen LogP contribution in [0.5, 0.6) is 5.75 Å². The highest BCUT2D eigenvalue weighted by atomic mass is 35.5. The van der Waals surface area contributed by atoms with Gasteiger partial charge in [0.05, 0.1) is 19.8 Å². The number of hydrogen-bond acceptors (Lipinski definition) is 7. The van der Waals surface area contributed by atoms with Gasteiger partial charge < -0.3 is 19.1 Å². The molecule has 0 spiro atoms. The third kappa shape index (κ3) is 4.90. The van der Waals surface area contributed by atoms with Crippen LogP contribution in [0.3, 0.4) is 0 Å². The van der Waals surface area contributed by atoms with Gasteiger partial charge in [0.2, 0.25) is 5.95 Å². The summed E-state index contributed by atoms with van der Waals surface area (Å²) in [5.74, 6) is 1.19. The van der Waals surface area contributed by atoms with Gasteiger partial charge in [-0.15, -0.1) is 10.2 Å². The highest BCUT2D eigenvalue weighted by Crippen LogP contribution is 2.36. The van der Waals surface area contributed by atoms with E-state index in [0.717, 1.165) is 27.5 Å². The minimum Gasteiger partial charge on any atom is -0.467 e. The van der Waals surface area contributed by atoms with Crippen molar-refractivity contribution in [2.45, 2.75) is 30.2 Å². The van der Waals surface area contributed by atoms with E-state index < -0.39 is 12.7 Å². The molecule has 0 N–H and O–H groups in total. The number of nitrogens with zero attached hydrogens (tertiary/aromatic N) is 4. The van der Waals surface area contributed by atoms with Crippen LogP contribution in [-0.2, 0) is 28.4 Å². The molecule has 0 bridgehead atoms. The Hall–Kier alpha value is -1.69. The molecule has 1 aromatic carbocycles. The predicted octanol–water partition coefficient (Wildman–Crippen LogP) is 3.49. The number of hydrogen-bond donors (Lipinski definition) is 0. The Kier molecular flexibility index (Phi) is 6.09. The number of halogens is 4. The maximum absolute atomic E-state index is 13.2. The Morgan fingerprint density at radius 1 is 1.14 bits per heavy atom. The second-order valence-electron chi connectivity index (χ2n) is 6.54. The Morgan fingerprint density at radius 2 is 1.93 bits per heavy atom. The second-order valence-corrected chi connectivity index (χ2v) is 7.91. The van der Waals surface area contributed by atoms with Gasteiger partial charge in [0.25, 0.3) is 0 Å². The fourth-order valence-electron chi connectivity index (χ4n) is 3.21. The number of benzene rings is 1. The molecule has 0 amide bonds. The van der Waals surface area contributed by atoms with Gasteiger partial charge in [-0.2, -0.15) is 13.2 Å². The zero-order chi connectivity index (χ0) is 20.4. The van der Waals surface area contributed by atoms with Crippen LogP contribution in [0.4, 0.5) is 19.1 Å². The van der Waals surface area contributed by atoms with Crippen LogP contribution in [0.2, 0.25) is 5.02 Å². The van der Waals surface area contributed by atoms with E-state index in [1.807, 2.05) is 0 Å². The number of alkyl halides is 3. The van der Waals surface area contributed by atoms with E-state index in [4.69, 9.17) is 25.8 Å². The number of ether oxygens (including phenoxy) is 3. The van der Waals surface area contributed by atoms with Crippen LogP contribution in [0.25, 0.3) is 0 Å². The summed E-state index contributed by atoms with van der Waals surface area (Å²) in [5.41, 5.74) is 1.58. The van der Waals surface area contributed by atoms with Crippen LogP contribution in [-0.4, -0.2) is 54.0 Å². The van der Waals surface area contributed by atoms with Crippen LogP contribution in [0.1, 0.15) is 11.1 Å². The minimum absolute atomic E-state index is 0.123. The summed E-state index contributed by atoms with van der Waals surface area (Å²) in [6.45, 7) is 1.15. The van der Waals surface area contributed by atoms with Crippen molar-refractivity contribution < 1.29 is 27.4 Å². The Morgan fingerprint density at radius 3 is 2.69 bits per heavy atom. The first kappa shape index (κ1) is 20.6. The highest BCUT2D eigenvalue weighted by molar-refractivity contribution is 7.98. The van der Waals surface area contributed by atoms with Crippen molar-refractivity contribution >= 4 is 29.3 Å². The molecule has 0 aliphatic carbocycles. The van der Waals surface area contributed by atoms with E-state index in [-0.39, 0.29) is 17.9 Å². The van der Waals surface area contributed by atoms with Crippen molar-refractivity contribution in [3.05, 3.63) is 28.3 Å². The van der Waals surface area contributed by atoms with Gasteiger partial charge >= 0.3 is 6.18 Å². The van der Waals surface area contributed by atoms with Crippen LogP contribution in [0, 0.1) is 0 Å². The van der Waals surface area contributed by atoms with Crippen LogP contribution >= 0.6 is 23.4 Å². The van der Waals surface area contributed by atoms with Crippen molar-refractivity contribution in [1.29, 1.82) is 0 Å². The SMILES string of the molecule is FC(F)(F)Cn1c(SCc2cc(Cl)cc3c2OCOC3)nnc1N1CCOCC1. The molecular weight excluding hydrogens is 433 g/mol. The molecule has 29 heavy (non-hydrogen) atoms. The fraction of sp³-hybridized carbons (Fsp3) is 0.529. The maximum atomic E-state index is 13.2. The van der Waals surface area contributed by atoms with Crippen molar-refractivity contribution in [3.8, 4) is 5.75 Å². The van der Waals surface area contributed by atoms with E-state index >= 15 is 0 Å². The van der Waals surface area contributed by atoms with Crippen LogP contribution < -0.4 is 9.64 Å². The molecule has 2 aliphatic rings. The molecule has 4 rings (SSSR count). The van der Waals surface area contributed by atoms with Gasteiger partial charge in [-0.25, -0.2) is 0 Å². The average Bonchev–Trinajstić information content (AvgIpc) is 3.07. The maximum Gasteiger partial charge on any atom is 0.406 e. The predicted molar refractivity (Wildman–Crippen MR) is 100 cm³/mol. The molecule has 2 aromatic rings. The molecule has 1 saturated heterocycles. The first-order valence-corrected chi connectivity index (χ1v) is 10.2. The molecular formula is C17H18ClF3N4O3S. The lowest BCUT2D eigenvalue weighted by Crippen LogP contribution is -2.38. The highest BCUT2D eigenvalue weighted by Gasteiger charge is 2.33. The zero-order valence-electron chi connectivity index (χ0n) is 15.2. The van der Waals surface area contributed by atoms with Gasteiger partial charge in [0.15, 0.2) is 11.9 Å². The molecule has 1 aromatic heterocycles. The fourth-order valence-corrected chi connectivity index (χ4v) is 4.37. The molecule has 1 fully saturated rings. The molecule has 12 heteroatoms. The second kappa shape index (κ2) is 8.58. The summed E-state index contributed by atoms with van der Waals surface area (Å²) in [5, 5.41) is 8.74. The van der Waals surface area contributed by atoms with E-state index in [0.29, 0.717) is 49.4 Å². The average molecular weight is 451 g/mol. The van der Waals surface area contributed by atoms with Gasteiger partial charge in [0, 0.05) is 35.0 Å². The molecule has 0 saturated carbocycles. The molecule has 0 radical (unpaired) electrons. The van der Waals surface area contributed by atoms with Crippen molar-refractivity contribution in [2.24, 2.45) is 0 Å². The summed E-state index contributed by atoms with van der Waals surface area (Å²) in [6.07, 6.45) is -4.39. The number of morpholine rings is 1.